The van der Waals surface area contributed by atoms with Gasteiger partial charge >= 0.3 is 0 Å². The van der Waals surface area contributed by atoms with Gasteiger partial charge in [0, 0.05) is 39.3 Å². The summed E-state index contributed by atoms with van der Waals surface area (Å²) in [5.74, 6) is 0.303. The molecule has 0 aliphatic rings. The van der Waals surface area contributed by atoms with E-state index in [-0.39, 0.29) is 11.1 Å². The van der Waals surface area contributed by atoms with Gasteiger partial charge in [0.15, 0.2) is 5.15 Å². The van der Waals surface area contributed by atoms with E-state index < -0.39 is 0 Å². The molecule has 0 bridgehead atoms. The van der Waals surface area contributed by atoms with E-state index in [1.54, 1.807) is 31.7 Å². The van der Waals surface area contributed by atoms with Gasteiger partial charge in [-0.3, -0.25) is 4.79 Å². The Balaban J connectivity index is 1.73. The number of hydrogen-bond acceptors (Lipinski definition) is 4. The summed E-state index contributed by atoms with van der Waals surface area (Å²) in [5, 5.41) is 3.91. The second-order valence-electron chi connectivity index (χ2n) is 6.87. The van der Waals surface area contributed by atoms with Crippen LogP contribution in [0, 0.1) is 0 Å². The first-order chi connectivity index (χ1) is 15.0. The first-order valence-corrected chi connectivity index (χ1v) is 10.6. The van der Waals surface area contributed by atoms with Crippen LogP contribution in [0.1, 0.15) is 12.5 Å². The molecule has 0 spiro atoms. The molecule has 0 aliphatic heterocycles. The Morgan fingerprint density at radius 2 is 2.06 bits per heavy atom. The van der Waals surface area contributed by atoms with Gasteiger partial charge in [-0.1, -0.05) is 39.7 Å². The predicted molar refractivity (Wildman–Crippen MR) is 127 cm³/mol. The summed E-state index contributed by atoms with van der Waals surface area (Å²) in [6.07, 6.45) is 4.80. The molecular formula is C24H18BrClN2O3. The van der Waals surface area contributed by atoms with Crippen LogP contribution >= 0.6 is 27.5 Å². The van der Waals surface area contributed by atoms with E-state index in [0.717, 1.165) is 32.1 Å². The lowest BCUT2D eigenvalue weighted by Gasteiger charge is -2.10. The Morgan fingerprint density at radius 1 is 1.23 bits per heavy atom. The topological polar surface area (TPSA) is 64.4 Å². The third-order valence-corrected chi connectivity index (χ3v) is 5.62. The number of pyridine rings is 1. The lowest BCUT2D eigenvalue weighted by Crippen LogP contribution is -2.09. The number of rotatable bonds is 5. The van der Waals surface area contributed by atoms with E-state index in [9.17, 15) is 4.79 Å². The van der Waals surface area contributed by atoms with Gasteiger partial charge in [0.05, 0.1) is 19.1 Å². The molecule has 0 atom stereocenters. The molecule has 1 amide bonds. The van der Waals surface area contributed by atoms with Gasteiger partial charge < -0.3 is 14.5 Å². The minimum Gasteiger partial charge on any atom is -0.496 e. The summed E-state index contributed by atoms with van der Waals surface area (Å²) in [4.78, 5) is 16.5. The largest absolute Gasteiger partial charge is 0.496 e. The summed E-state index contributed by atoms with van der Waals surface area (Å²) in [6.45, 7) is 1.85. The number of allylic oxidation sites excluding steroid dienone is 1. The second kappa shape index (κ2) is 8.96. The molecule has 5 nitrogen and oxygen atoms in total. The van der Waals surface area contributed by atoms with E-state index in [4.69, 9.17) is 20.8 Å². The van der Waals surface area contributed by atoms with Crippen LogP contribution < -0.4 is 10.1 Å². The molecule has 2 aromatic heterocycles. The number of carbonyl (C=O) groups excluding carboxylic acids is 1. The third kappa shape index (κ3) is 4.50. The predicted octanol–water partition coefficient (Wildman–Crippen LogP) is 6.96. The highest BCUT2D eigenvalue weighted by atomic mass is 79.9. The van der Waals surface area contributed by atoms with E-state index >= 15 is 0 Å². The average molecular weight is 498 g/mol. The van der Waals surface area contributed by atoms with Crippen LogP contribution in [0.25, 0.3) is 27.7 Å². The Labute approximate surface area is 192 Å². The number of carbonyl (C=O) groups is 1. The van der Waals surface area contributed by atoms with Gasteiger partial charge in [-0.2, -0.15) is 0 Å². The highest BCUT2D eigenvalue weighted by Crippen LogP contribution is 2.38. The van der Waals surface area contributed by atoms with Gasteiger partial charge in [-0.25, -0.2) is 4.98 Å². The summed E-state index contributed by atoms with van der Waals surface area (Å²) < 4.78 is 12.3. The monoisotopic (exact) mass is 496 g/mol. The number of amides is 1. The number of aromatic nitrogens is 1. The van der Waals surface area contributed by atoms with E-state index in [2.05, 4.69) is 26.2 Å². The molecule has 0 radical (unpaired) electrons. The Morgan fingerprint density at radius 3 is 2.81 bits per heavy atom. The highest BCUT2D eigenvalue weighted by Gasteiger charge is 2.15. The van der Waals surface area contributed by atoms with Crippen LogP contribution in [-0.2, 0) is 4.79 Å². The molecule has 4 aromatic rings. The minimum absolute atomic E-state index is 0.234. The number of fused-ring (bicyclic) bond motifs is 1. The molecule has 31 heavy (non-hydrogen) atoms. The molecule has 7 heteroatoms. The summed E-state index contributed by atoms with van der Waals surface area (Å²) >= 11 is 9.54. The number of ether oxygens (including phenoxy) is 1. The zero-order chi connectivity index (χ0) is 22.0. The Hall–Kier alpha value is -3.09. The number of methoxy groups -OCH3 is 1. The summed E-state index contributed by atoms with van der Waals surface area (Å²) in [5.41, 5.74) is 4.66. The fraction of sp³-hybridized carbons (Fsp3) is 0.0833. The maximum Gasteiger partial charge on any atom is 0.248 e. The zero-order valence-corrected chi connectivity index (χ0v) is 19.1. The number of benzene rings is 2. The Kier molecular flexibility index (Phi) is 6.11. The fourth-order valence-electron chi connectivity index (χ4n) is 3.33. The van der Waals surface area contributed by atoms with Crippen molar-refractivity contribution < 1.29 is 13.9 Å². The lowest BCUT2D eigenvalue weighted by atomic mass is 9.99. The number of nitrogens with zero attached hydrogens (tertiary/aromatic N) is 1. The molecule has 4 rings (SSSR count). The molecule has 0 saturated carbocycles. The molecule has 0 saturated heterocycles. The van der Waals surface area contributed by atoms with Crippen LogP contribution in [0.15, 0.2) is 76.0 Å². The maximum absolute atomic E-state index is 12.5. The van der Waals surface area contributed by atoms with Crippen molar-refractivity contribution in [2.75, 3.05) is 12.4 Å². The van der Waals surface area contributed by atoms with Crippen molar-refractivity contribution in [2.45, 2.75) is 6.92 Å². The van der Waals surface area contributed by atoms with E-state index in [1.807, 2.05) is 43.3 Å². The average Bonchev–Trinajstić information content (AvgIpc) is 3.17. The first-order valence-electron chi connectivity index (χ1n) is 9.41. The van der Waals surface area contributed by atoms with Crippen LogP contribution in [0.5, 0.6) is 5.75 Å². The van der Waals surface area contributed by atoms with Crippen molar-refractivity contribution in [1.29, 1.82) is 0 Å². The molecule has 2 heterocycles. The van der Waals surface area contributed by atoms with Gasteiger partial charge in [0.1, 0.15) is 11.3 Å². The number of furan rings is 1. The lowest BCUT2D eigenvalue weighted by molar-refractivity contribution is -0.111. The standard InChI is InChI=1S/C24H18BrClN2O3/c1-14(9-23(29)28-20-7-4-8-27-24(20)26)17-11-18-19(15-5-3-6-16(25)10-15)13-31-22(18)12-21(17)30-2/h3-13H,1-2H3,(H,28,29)/b14-9+. The van der Waals surface area contributed by atoms with E-state index in [0.29, 0.717) is 17.0 Å². The molecule has 0 aliphatic carbocycles. The van der Waals surface area contributed by atoms with Gasteiger partial charge in [-0.05, 0) is 48.4 Å². The van der Waals surface area contributed by atoms with E-state index in [1.165, 1.54) is 6.08 Å². The molecule has 1 N–H and O–H groups in total. The van der Waals surface area contributed by atoms with Crippen molar-refractivity contribution in [1.82, 2.24) is 4.98 Å². The Bertz CT molecular complexity index is 1310. The second-order valence-corrected chi connectivity index (χ2v) is 8.14. The molecule has 0 unspecified atom stereocenters. The van der Waals surface area contributed by atoms with Crippen molar-refractivity contribution >= 4 is 55.7 Å². The zero-order valence-electron chi connectivity index (χ0n) is 16.8. The quantitative estimate of drug-likeness (QED) is 0.239. The smallest absolute Gasteiger partial charge is 0.248 e. The number of nitrogens with one attached hydrogen (secondary N) is 1. The normalized spacial score (nSPS) is 11.5. The van der Waals surface area contributed by atoms with Gasteiger partial charge in [0.2, 0.25) is 5.91 Å². The molecular weight excluding hydrogens is 480 g/mol. The van der Waals surface area contributed by atoms with Crippen LogP contribution in [0.3, 0.4) is 0 Å². The SMILES string of the molecule is COc1cc2occ(-c3cccc(Br)c3)c2cc1/C(C)=C/C(=O)Nc1cccnc1Cl. The number of hydrogen-bond donors (Lipinski definition) is 1. The number of halogens is 2. The molecule has 0 fully saturated rings. The first kappa shape index (κ1) is 21.2. The van der Waals surface area contributed by atoms with Crippen LogP contribution in [0.4, 0.5) is 5.69 Å². The highest BCUT2D eigenvalue weighted by molar-refractivity contribution is 9.10. The van der Waals surface area contributed by atoms with Crippen molar-refractivity contribution in [3.05, 3.63) is 82.3 Å². The molecule has 2 aromatic carbocycles. The third-order valence-electron chi connectivity index (χ3n) is 4.82. The fourth-order valence-corrected chi connectivity index (χ4v) is 3.90. The minimum atomic E-state index is -0.311. The van der Waals surface area contributed by atoms with Gasteiger partial charge in [-0.15, -0.1) is 0 Å². The van der Waals surface area contributed by atoms with Crippen molar-refractivity contribution in [3.63, 3.8) is 0 Å². The maximum atomic E-state index is 12.5. The van der Waals surface area contributed by atoms with Crippen LogP contribution in [0.2, 0.25) is 5.15 Å². The van der Waals surface area contributed by atoms with Gasteiger partial charge in [0.25, 0.3) is 0 Å². The number of anilines is 1. The van der Waals surface area contributed by atoms with Crippen LogP contribution in [-0.4, -0.2) is 18.0 Å². The summed E-state index contributed by atoms with van der Waals surface area (Å²) in [7, 11) is 1.59. The van der Waals surface area contributed by atoms with Crippen molar-refractivity contribution in [2.24, 2.45) is 0 Å². The van der Waals surface area contributed by atoms with Crippen molar-refractivity contribution in [3.8, 4) is 16.9 Å². The molecule has 156 valence electrons. The summed E-state index contributed by atoms with van der Waals surface area (Å²) in [6, 6.07) is 15.2.